The average molecular weight is 455 g/mol. The van der Waals surface area contributed by atoms with Gasteiger partial charge in [0.1, 0.15) is 11.6 Å². The molecular weight excluding hydrogens is 438 g/mol. The monoisotopic (exact) mass is 454 g/mol. The number of nitrogens with zero attached hydrogens (tertiary/aromatic N) is 4. The molecule has 0 amide bonds. The summed E-state index contributed by atoms with van der Waals surface area (Å²) in [5.41, 5.74) is 0.650. The van der Waals surface area contributed by atoms with Crippen LogP contribution in [0.2, 0.25) is 5.02 Å². The lowest BCUT2D eigenvalue weighted by molar-refractivity contribution is 0.163. The third-order valence-corrected chi connectivity index (χ3v) is 7.07. The molecule has 0 radical (unpaired) electrons. The smallest absolute Gasteiger partial charge is 0.249 e. The van der Waals surface area contributed by atoms with E-state index in [1.807, 2.05) is 11.0 Å². The quantitative estimate of drug-likeness (QED) is 0.589. The third kappa shape index (κ3) is 4.08. The van der Waals surface area contributed by atoms with Crippen molar-refractivity contribution in [3.8, 4) is 11.4 Å². The predicted molar refractivity (Wildman–Crippen MR) is 105 cm³/mol. The summed E-state index contributed by atoms with van der Waals surface area (Å²) >= 11 is 6.14. The van der Waals surface area contributed by atoms with Crippen molar-refractivity contribution in [1.29, 1.82) is 0 Å². The highest BCUT2D eigenvalue weighted by Crippen LogP contribution is 2.26. The lowest BCUT2D eigenvalue weighted by Crippen LogP contribution is -2.48. The van der Waals surface area contributed by atoms with Gasteiger partial charge in [-0.1, -0.05) is 35.0 Å². The minimum absolute atomic E-state index is 0.0849. The molecule has 3 aromatic rings. The summed E-state index contributed by atoms with van der Waals surface area (Å²) < 4.78 is 59.6. The van der Waals surface area contributed by atoms with Crippen molar-refractivity contribution in [2.24, 2.45) is 0 Å². The first-order valence-corrected chi connectivity index (χ1v) is 10.9. The summed E-state index contributed by atoms with van der Waals surface area (Å²) in [7, 11) is -4.27. The standard InChI is InChI=1S/C19H17ClF2N4O3S/c20-14-5-2-1-4-13(14)19-23-17(29-24-19)12-25-8-10-26(11-9-25)30(27,28)18-15(21)6-3-7-16(18)22/h1-7H,8-12H2. The summed E-state index contributed by atoms with van der Waals surface area (Å²) in [6.45, 7) is 1.18. The molecule has 0 aliphatic carbocycles. The fourth-order valence-electron chi connectivity index (χ4n) is 3.25. The molecule has 0 bridgehead atoms. The Balaban J connectivity index is 1.42. The first kappa shape index (κ1) is 20.9. The largest absolute Gasteiger partial charge is 0.338 e. The molecule has 0 saturated carbocycles. The predicted octanol–water partition coefficient (Wildman–Crippen LogP) is 3.17. The second-order valence-corrected chi connectivity index (χ2v) is 9.00. The third-order valence-electron chi connectivity index (χ3n) is 4.79. The summed E-state index contributed by atoms with van der Waals surface area (Å²) in [6, 6.07) is 10.1. The lowest BCUT2D eigenvalue weighted by atomic mass is 10.2. The van der Waals surface area contributed by atoms with Crippen LogP contribution in [0.15, 0.2) is 51.9 Å². The zero-order chi connectivity index (χ0) is 21.3. The van der Waals surface area contributed by atoms with Crippen LogP contribution in [0, 0.1) is 11.6 Å². The van der Waals surface area contributed by atoms with Gasteiger partial charge < -0.3 is 4.52 Å². The molecular formula is C19H17ClF2N4O3S. The van der Waals surface area contributed by atoms with Crippen LogP contribution in [0.4, 0.5) is 8.78 Å². The molecule has 30 heavy (non-hydrogen) atoms. The number of aromatic nitrogens is 2. The van der Waals surface area contributed by atoms with Crippen LogP contribution >= 0.6 is 11.6 Å². The summed E-state index contributed by atoms with van der Waals surface area (Å²) in [6.07, 6.45) is 0. The van der Waals surface area contributed by atoms with E-state index in [2.05, 4.69) is 10.1 Å². The molecule has 1 aliphatic heterocycles. The highest BCUT2D eigenvalue weighted by Gasteiger charge is 2.33. The second-order valence-electron chi connectivity index (χ2n) is 6.72. The van der Waals surface area contributed by atoms with Gasteiger partial charge in [-0.05, 0) is 24.3 Å². The number of rotatable bonds is 5. The Kier molecular flexibility index (Phi) is 5.83. The van der Waals surface area contributed by atoms with Gasteiger partial charge in [0.05, 0.1) is 11.6 Å². The molecule has 1 fully saturated rings. The van der Waals surface area contributed by atoms with Gasteiger partial charge in [0, 0.05) is 31.7 Å². The molecule has 1 saturated heterocycles. The van der Waals surface area contributed by atoms with E-state index in [4.69, 9.17) is 16.1 Å². The van der Waals surface area contributed by atoms with Crippen LogP contribution in [-0.4, -0.2) is 53.9 Å². The van der Waals surface area contributed by atoms with Gasteiger partial charge in [-0.2, -0.15) is 9.29 Å². The zero-order valence-electron chi connectivity index (χ0n) is 15.6. The molecule has 0 unspecified atom stereocenters. The van der Waals surface area contributed by atoms with E-state index in [1.165, 1.54) is 0 Å². The van der Waals surface area contributed by atoms with Crippen LogP contribution in [-0.2, 0) is 16.6 Å². The van der Waals surface area contributed by atoms with Crippen molar-refractivity contribution >= 4 is 21.6 Å². The Labute approximate surface area is 176 Å². The average Bonchev–Trinajstić information content (AvgIpc) is 3.16. The van der Waals surface area contributed by atoms with Gasteiger partial charge >= 0.3 is 0 Å². The zero-order valence-corrected chi connectivity index (χ0v) is 17.2. The molecule has 2 heterocycles. The van der Waals surface area contributed by atoms with Crippen molar-refractivity contribution in [2.75, 3.05) is 26.2 Å². The molecule has 11 heteroatoms. The molecule has 0 spiro atoms. The van der Waals surface area contributed by atoms with Gasteiger partial charge in [0.2, 0.25) is 21.7 Å². The van der Waals surface area contributed by atoms with Crippen LogP contribution in [0.25, 0.3) is 11.4 Å². The minimum Gasteiger partial charge on any atom is -0.338 e. The Bertz CT molecular complexity index is 1140. The van der Waals surface area contributed by atoms with Crippen molar-refractivity contribution in [2.45, 2.75) is 11.4 Å². The van der Waals surface area contributed by atoms with E-state index in [0.29, 0.717) is 41.9 Å². The summed E-state index contributed by atoms with van der Waals surface area (Å²) in [5, 5.41) is 4.44. The number of piperazine rings is 1. The maximum Gasteiger partial charge on any atom is 0.249 e. The molecule has 0 atom stereocenters. The van der Waals surface area contributed by atoms with Crippen LogP contribution in [0.3, 0.4) is 0 Å². The van der Waals surface area contributed by atoms with Crippen molar-refractivity contribution < 1.29 is 21.7 Å². The van der Waals surface area contributed by atoms with E-state index >= 15 is 0 Å². The topological polar surface area (TPSA) is 79.5 Å². The maximum absolute atomic E-state index is 13.9. The maximum atomic E-state index is 13.9. The number of halogens is 3. The Morgan fingerprint density at radius 2 is 1.67 bits per heavy atom. The van der Waals surface area contributed by atoms with Gasteiger partial charge in [-0.3, -0.25) is 4.90 Å². The fourth-order valence-corrected chi connectivity index (χ4v) is 5.00. The fraction of sp³-hybridized carbons (Fsp3) is 0.263. The number of benzene rings is 2. The van der Waals surface area contributed by atoms with Gasteiger partial charge in [-0.25, -0.2) is 17.2 Å². The summed E-state index contributed by atoms with van der Waals surface area (Å²) in [4.78, 5) is 5.35. The first-order chi connectivity index (χ1) is 14.4. The Hall–Kier alpha value is -2.40. The van der Waals surface area contributed by atoms with E-state index in [9.17, 15) is 17.2 Å². The number of hydrogen-bond donors (Lipinski definition) is 0. The Morgan fingerprint density at radius 1 is 1.00 bits per heavy atom. The van der Waals surface area contributed by atoms with E-state index in [0.717, 1.165) is 22.5 Å². The van der Waals surface area contributed by atoms with Gasteiger partial charge in [-0.15, -0.1) is 0 Å². The van der Waals surface area contributed by atoms with Crippen molar-refractivity contribution in [3.63, 3.8) is 0 Å². The number of hydrogen-bond acceptors (Lipinski definition) is 6. The van der Waals surface area contributed by atoms with Crippen LogP contribution < -0.4 is 0 Å². The van der Waals surface area contributed by atoms with E-state index in [-0.39, 0.29) is 13.1 Å². The highest BCUT2D eigenvalue weighted by molar-refractivity contribution is 7.89. The second kappa shape index (κ2) is 8.38. The molecule has 1 aliphatic rings. The highest BCUT2D eigenvalue weighted by atomic mass is 35.5. The van der Waals surface area contributed by atoms with Gasteiger partial charge in [0.25, 0.3) is 0 Å². The van der Waals surface area contributed by atoms with E-state index in [1.54, 1.807) is 18.2 Å². The molecule has 158 valence electrons. The molecule has 2 aromatic carbocycles. The van der Waals surface area contributed by atoms with Crippen LogP contribution in [0.5, 0.6) is 0 Å². The molecule has 0 N–H and O–H groups in total. The normalized spacial score (nSPS) is 16.1. The lowest BCUT2D eigenvalue weighted by Gasteiger charge is -2.33. The van der Waals surface area contributed by atoms with Gasteiger partial charge in [0.15, 0.2) is 4.90 Å². The molecule has 4 rings (SSSR count). The SMILES string of the molecule is O=S(=O)(c1c(F)cccc1F)N1CCN(Cc2nc(-c3ccccc3Cl)no2)CC1. The minimum atomic E-state index is -4.27. The van der Waals surface area contributed by atoms with Crippen molar-refractivity contribution in [1.82, 2.24) is 19.3 Å². The van der Waals surface area contributed by atoms with E-state index < -0.39 is 26.6 Å². The Morgan fingerprint density at radius 3 is 2.33 bits per heavy atom. The summed E-state index contributed by atoms with van der Waals surface area (Å²) in [5.74, 6) is -1.47. The number of sulfonamides is 1. The molecule has 7 nitrogen and oxygen atoms in total. The first-order valence-electron chi connectivity index (χ1n) is 9.10. The van der Waals surface area contributed by atoms with Crippen molar-refractivity contribution in [3.05, 3.63) is 65.0 Å². The van der Waals surface area contributed by atoms with Crippen LogP contribution in [0.1, 0.15) is 5.89 Å². The molecule has 1 aromatic heterocycles.